The van der Waals surface area contributed by atoms with Crippen LogP contribution in [0.1, 0.15) is 29.5 Å². The number of methoxy groups -OCH3 is 1. The van der Waals surface area contributed by atoms with Gasteiger partial charge in [-0.1, -0.05) is 29.8 Å². The Balaban J connectivity index is 0.00000341. The number of hydrogen-bond donors (Lipinski definition) is 2. The first-order chi connectivity index (χ1) is 14.6. The highest BCUT2D eigenvalue weighted by atomic mass is 127. The molecule has 7 heteroatoms. The Morgan fingerprint density at radius 2 is 1.84 bits per heavy atom. The molecule has 0 amide bonds. The molecule has 0 aromatic heterocycles. The highest BCUT2D eigenvalue weighted by Crippen LogP contribution is 2.34. The minimum absolute atomic E-state index is 0. The Bertz CT molecular complexity index is 852. The Morgan fingerprint density at radius 1 is 1.13 bits per heavy atom. The summed E-state index contributed by atoms with van der Waals surface area (Å²) in [5, 5.41) is 6.88. The van der Waals surface area contributed by atoms with E-state index in [1.807, 2.05) is 18.2 Å². The van der Waals surface area contributed by atoms with Crippen molar-refractivity contribution in [2.24, 2.45) is 4.99 Å². The summed E-state index contributed by atoms with van der Waals surface area (Å²) in [6, 6.07) is 13.1. The van der Waals surface area contributed by atoms with Gasteiger partial charge in [0.2, 0.25) is 0 Å². The van der Waals surface area contributed by atoms with Gasteiger partial charge in [0.15, 0.2) is 5.96 Å². The minimum atomic E-state index is -0.210. The molecular weight excluding hydrogens is 508 g/mol. The third-order valence-corrected chi connectivity index (χ3v) is 5.85. The van der Waals surface area contributed by atoms with Crippen molar-refractivity contribution < 1.29 is 13.9 Å². The zero-order valence-corrected chi connectivity index (χ0v) is 20.9. The number of hydrogen-bond acceptors (Lipinski definition) is 3. The van der Waals surface area contributed by atoms with E-state index >= 15 is 0 Å². The molecule has 31 heavy (non-hydrogen) atoms. The zero-order chi connectivity index (χ0) is 21.4. The van der Waals surface area contributed by atoms with Crippen molar-refractivity contribution in [2.45, 2.75) is 31.6 Å². The van der Waals surface area contributed by atoms with Crippen LogP contribution >= 0.6 is 24.0 Å². The molecule has 1 saturated heterocycles. The number of aliphatic imine (C=N–C) groups is 1. The molecule has 2 aromatic rings. The molecular formula is C24H33FIN3O2. The van der Waals surface area contributed by atoms with Gasteiger partial charge in [-0.15, -0.1) is 24.0 Å². The standard InChI is InChI=1S/C24H32FN3O2.HI/c1-18-4-9-22(29-3)19(16-18)10-13-27-23(26-2)28-17-24(11-14-30-15-12-24)20-5-7-21(25)8-6-20;/h4-9,16H,10-15,17H2,1-3H3,(H2,26,27,28);1H. The second kappa shape index (κ2) is 12.2. The maximum atomic E-state index is 13.4. The summed E-state index contributed by atoms with van der Waals surface area (Å²) in [5.74, 6) is 1.45. The summed E-state index contributed by atoms with van der Waals surface area (Å²) in [7, 11) is 3.47. The highest BCUT2D eigenvalue weighted by molar-refractivity contribution is 14.0. The maximum Gasteiger partial charge on any atom is 0.191 e. The number of nitrogens with one attached hydrogen (secondary N) is 2. The van der Waals surface area contributed by atoms with Crippen LogP contribution in [0, 0.1) is 12.7 Å². The summed E-state index contributed by atoms with van der Waals surface area (Å²) < 4.78 is 24.5. The first-order valence-electron chi connectivity index (χ1n) is 10.5. The van der Waals surface area contributed by atoms with Gasteiger partial charge in [0.25, 0.3) is 0 Å². The zero-order valence-electron chi connectivity index (χ0n) is 18.5. The number of nitrogens with zero attached hydrogens (tertiary/aromatic N) is 1. The fraction of sp³-hybridized carbons (Fsp3) is 0.458. The average molecular weight is 541 g/mol. The van der Waals surface area contributed by atoms with Gasteiger partial charge in [-0.3, -0.25) is 4.99 Å². The van der Waals surface area contributed by atoms with Crippen LogP contribution in [-0.2, 0) is 16.6 Å². The summed E-state index contributed by atoms with van der Waals surface area (Å²) in [5.41, 5.74) is 3.44. The van der Waals surface area contributed by atoms with Crippen molar-refractivity contribution in [3.8, 4) is 5.75 Å². The van der Waals surface area contributed by atoms with Crippen molar-refractivity contribution in [3.05, 3.63) is 65.0 Å². The Hall–Kier alpha value is -1.87. The van der Waals surface area contributed by atoms with Gasteiger partial charge in [-0.05, 0) is 55.5 Å². The maximum absolute atomic E-state index is 13.4. The molecule has 1 aliphatic rings. The van der Waals surface area contributed by atoms with Crippen molar-refractivity contribution in [1.82, 2.24) is 10.6 Å². The Kier molecular flexibility index (Phi) is 10.0. The topological polar surface area (TPSA) is 54.9 Å². The molecule has 2 N–H and O–H groups in total. The lowest BCUT2D eigenvalue weighted by molar-refractivity contribution is 0.0513. The van der Waals surface area contributed by atoms with Crippen molar-refractivity contribution >= 4 is 29.9 Å². The number of rotatable bonds is 7. The molecule has 0 bridgehead atoms. The predicted molar refractivity (Wildman–Crippen MR) is 134 cm³/mol. The largest absolute Gasteiger partial charge is 0.496 e. The van der Waals surface area contributed by atoms with E-state index in [1.165, 1.54) is 23.3 Å². The Labute approximate surface area is 201 Å². The van der Waals surface area contributed by atoms with Crippen LogP contribution in [0.25, 0.3) is 0 Å². The van der Waals surface area contributed by atoms with Gasteiger partial charge >= 0.3 is 0 Å². The number of benzene rings is 2. The fourth-order valence-corrected chi connectivity index (χ4v) is 4.02. The van der Waals surface area contributed by atoms with E-state index in [0.29, 0.717) is 13.2 Å². The molecule has 1 aliphatic heterocycles. The molecule has 0 aliphatic carbocycles. The SMILES string of the molecule is CN=C(NCCc1cc(C)ccc1OC)NCC1(c2ccc(F)cc2)CCOCC1.I. The molecule has 1 fully saturated rings. The summed E-state index contributed by atoms with van der Waals surface area (Å²) >= 11 is 0. The third-order valence-electron chi connectivity index (χ3n) is 5.85. The second-order valence-electron chi connectivity index (χ2n) is 7.82. The van der Waals surface area contributed by atoms with E-state index < -0.39 is 0 Å². The smallest absolute Gasteiger partial charge is 0.191 e. The lowest BCUT2D eigenvalue weighted by Gasteiger charge is -2.38. The van der Waals surface area contributed by atoms with Crippen LogP contribution in [0.3, 0.4) is 0 Å². The highest BCUT2D eigenvalue weighted by Gasteiger charge is 2.34. The summed E-state index contributed by atoms with van der Waals surface area (Å²) in [4.78, 5) is 4.37. The van der Waals surface area contributed by atoms with Gasteiger partial charge in [0, 0.05) is 38.8 Å². The van der Waals surface area contributed by atoms with E-state index in [2.05, 4.69) is 34.7 Å². The van der Waals surface area contributed by atoms with E-state index in [-0.39, 0.29) is 35.2 Å². The number of ether oxygens (including phenoxy) is 2. The third kappa shape index (κ3) is 6.80. The van der Waals surface area contributed by atoms with Crippen LogP contribution < -0.4 is 15.4 Å². The average Bonchev–Trinajstić information content (AvgIpc) is 2.77. The second-order valence-corrected chi connectivity index (χ2v) is 7.82. The van der Waals surface area contributed by atoms with Crippen LogP contribution in [0.5, 0.6) is 5.75 Å². The van der Waals surface area contributed by atoms with Crippen LogP contribution in [0.2, 0.25) is 0 Å². The first kappa shape index (κ1) is 25.4. The van der Waals surface area contributed by atoms with E-state index in [0.717, 1.165) is 49.6 Å². The molecule has 5 nitrogen and oxygen atoms in total. The molecule has 0 radical (unpaired) electrons. The van der Waals surface area contributed by atoms with Crippen LogP contribution in [0.4, 0.5) is 4.39 Å². The van der Waals surface area contributed by atoms with Crippen molar-refractivity contribution in [3.63, 3.8) is 0 Å². The van der Waals surface area contributed by atoms with E-state index in [1.54, 1.807) is 14.2 Å². The Morgan fingerprint density at radius 3 is 2.48 bits per heavy atom. The van der Waals surface area contributed by atoms with Gasteiger partial charge in [0.05, 0.1) is 7.11 Å². The molecule has 1 heterocycles. The fourth-order valence-electron chi connectivity index (χ4n) is 4.02. The van der Waals surface area contributed by atoms with Gasteiger partial charge in [-0.2, -0.15) is 0 Å². The molecule has 0 saturated carbocycles. The van der Waals surface area contributed by atoms with E-state index in [9.17, 15) is 4.39 Å². The van der Waals surface area contributed by atoms with Gasteiger partial charge < -0.3 is 20.1 Å². The molecule has 2 aromatic carbocycles. The van der Waals surface area contributed by atoms with E-state index in [4.69, 9.17) is 9.47 Å². The van der Waals surface area contributed by atoms with Crippen LogP contribution in [-0.4, -0.2) is 46.4 Å². The number of guanidine groups is 1. The first-order valence-corrected chi connectivity index (χ1v) is 10.5. The summed E-state index contributed by atoms with van der Waals surface area (Å²) in [6.45, 7) is 4.96. The summed E-state index contributed by atoms with van der Waals surface area (Å²) in [6.07, 6.45) is 2.62. The van der Waals surface area contributed by atoms with Gasteiger partial charge in [-0.25, -0.2) is 4.39 Å². The lowest BCUT2D eigenvalue weighted by atomic mass is 9.74. The number of halogens is 2. The molecule has 3 rings (SSSR count). The molecule has 170 valence electrons. The van der Waals surface area contributed by atoms with Crippen LogP contribution in [0.15, 0.2) is 47.5 Å². The molecule has 0 spiro atoms. The van der Waals surface area contributed by atoms with Crippen molar-refractivity contribution in [2.75, 3.05) is 40.5 Å². The normalized spacial score (nSPS) is 15.7. The number of aryl methyl sites for hydroxylation is 1. The molecule has 0 atom stereocenters. The minimum Gasteiger partial charge on any atom is -0.496 e. The molecule has 0 unspecified atom stereocenters. The van der Waals surface area contributed by atoms with Gasteiger partial charge in [0.1, 0.15) is 11.6 Å². The lowest BCUT2D eigenvalue weighted by Crippen LogP contribution is -2.48. The monoisotopic (exact) mass is 541 g/mol. The van der Waals surface area contributed by atoms with Crippen molar-refractivity contribution in [1.29, 1.82) is 0 Å². The quantitative estimate of drug-likeness (QED) is 0.313. The predicted octanol–water partition coefficient (Wildman–Crippen LogP) is 4.22.